The highest BCUT2D eigenvalue weighted by atomic mass is 32.1. The first-order valence-electron chi connectivity index (χ1n) is 7.42. The third-order valence-corrected chi connectivity index (χ3v) is 4.83. The highest BCUT2D eigenvalue weighted by molar-refractivity contribution is 7.13. The largest absolute Gasteiger partial charge is 0.346 e. The second-order valence-electron chi connectivity index (χ2n) is 5.73. The zero-order valence-electron chi connectivity index (χ0n) is 13.7. The summed E-state index contributed by atoms with van der Waals surface area (Å²) in [6.07, 6.45) is 0. The zero-order chi connectivity index (χ0) is 16.6. The number of anilines is 1. The number of thiazole rings is 1. The monoisotopic (exact) mass is 325 g/mol. The minimum Gasteiger partial charge on any atom is -0.346 e. The molecule has 0 spiro atoms. The molecule has 3 aromatic rings. The number of rotatable bonds is 3. The summed E-state index contributed by atoms with van der Waals surface area (Å²) in [5.74, 6) is -0.174. The Hall–Kier alpha value is -2.40. The molecule has 118 valence electrons. The molecule has 4 nitrogen and oxygen atoms in total. The van der Waals surface area contributed by atoms with Crippen molar-refractivity contribution in [3.63, 3.8) is 0 Å². The van der Waals surface area contributed by atoms with Crippen molar-refractivity contribution >= 4 is 22.9 Å². The average molecular weight is 325 g/mol. The van der Waals surface area contributed by atoms with Crippen molar-refractivity contribution in [2.45, 2.75) is 20.8 Å². The molecule has 2 heterocycles. The quantitative estimate of drug-likeness (QED) is 0.779. The number of carbonyl (C=O) groups is 1. The van der Waals surface area contributed by atoms with Crippen LogP contribution in [0.5, 0.6) is 0 Å². The average Bonchev–Trinajstić information content (AvgIpc) is 3.11. The van der Waals surface area contributed by atoms with Crippen LogP contribution in [0.3, 0.4) is 0 Å². The van der Waals surface area contributed by atoms with Gasteiger partial charge in [-0.15, -0.1) is 11.3 Å². The van der Waals surface area contributed by atoms with Crippen LogP contribution in [0, 0.1) is 20.8 Å². The lowest BCUT2D eigenvalue weighted by Gasteiger charge is -2.08. The van der Waals surface area contributed by atoms with Gasteiger partial charge in [-0.1, -0.05) is 12.1 Å². The molecule has 23 heavy (non-hydrogen) atoms. The molecule has 0 fully saturated rings. The van der Waals surface area contributed by atoms with Crippen LogP contribution in [0.15, 0.2) is 35.7 Å². The van der Waals surface area contributed by atoms with Crippen LogP contribution in [-0.4, -0.2) is 15.5 Å². The highest BCUT2D eigenvalue weighted by Crippen LogP contribution is 2.26. The first-order chi connectivity index (χ1) is 11.0. The van der Waals surface area contributed by atoms with E-state index in [9.17, 15) is 4.79 Å². The standard InChI is InChI=1S/C18H19N3OS/c1-11-5-6-12(2)14(9-11)19-17(22)15-10-23-18(20-15)16-8-7-13(3)21(16)4/h5-10H,1-4H3,(H,19,22). The molecular formula is C18H19N3OS. The SMILES string of the molecule is Cc1ccc(C)c(NC(=O)c2csc(-c3ccc(C)n3C)n2)c1. The molecule has 3 rings (SSSR count). The van der Waals surface area contributed by atoms with Gasteiger partial charge < -0.3 is 9.88 Å². The van der Waals surface area contributed by atoms with Crippen molar-refractivity contribution in [1.82, 2.24) is 9.55 Å². The van der Waals surface area contributed by atoms with E-state index in [-0.39, 0.29) is 5.91 Å². The van der Waals surface area contributed by atoms with Crippen LogP contribution >= 0.6 is 11.3 Å². The Balaban J connectivity index is 1.84. The van der Waals surface area contributed by atoms with Crippen molar-refractivity contribution in [1.29, 1.82) is 0 Å². The summed E-state index contributed by atoms with van der Waals surface area (Å²) in [6, 6.07) is 10.1. The fraction of sp³-hybridized carbons (Fsp3) is 0.222. The van der Waals surface area contributed by atoms with Gasteiger partial charge in [0.25, 0.3) is 5.91 Å². The van der Waals surface area contributed by atoms with E-state index >= 15 is 0 Å². The topological polar surface area (TPSA) is 46.9 Å². The van der Waals surface area contributed by atoms with E-state index in [2.05, 4.69) is 14.9 Å². The normalized spacial score (nSPS) is 10.8. The van der Waals surface area contributed by atoms with Crippen molar-refractivity contribution in [3.05, 3.63) is 58.2 Å². The Labute approximate surface area is 139 Å². The lowest BCUT2D eigenvalue weighted by molar-refractivity contribution is 0.102. The lowest BCUT2D eigenvalue weighted by atomic mass is 10.1. The number of aromatic nitrogens is 2. The van der Waals surface area contributed by atoms with Gasteiger partial charge in [0.15, 0.2) is 0 Å². The zero-order valence-corrected chi connectivity index (χ0v) is 14.5. The van der Waals surface area contributed by atoms with Crippen molar-refractivity contribution in [2.75, 3.05) is 5.32 Å². The smallest absolute Gasteiger partial charge is 0.275 e. The highest BCUT2D eigenvalue weighted by Gasteiger charge is 2.15. The van der Waals surface area contributed by atoms with Crippen LogP contribution in [0.25, 0.3) is 10.7 Å². The fourth-order valence-corrected chi connectivity index (χ4v) is 3.24. The summed E-state index contributed by atoms with van der Waals surface area (Å²) >= 11 is 1.48. The first kappa shape index (κ1) is 15.5. The maximum absolute atomic E-state index is 12.4. The number of hydrogen-bond acceptors (Lipinski definition) is 3. The maximum Gasteiger partial charge on any atom is 0.275 e. The number of carbonyl (C=O) groups excluding carboxylic acids is 1. The van der Waals surface area contributed by atoms with E-state index in [0.717, 1.165) is 33.2 Å². The van der Waals surface area contributed by atoms with Gasteiger partial charge in [0.1, 0.15) is 10.7 Å². The number of benzene rings is 1. The molecule has 0 saturated heterocycles. The molecular weight excluding hydrogens is 306 g/mol. The van der Waals surface area contributed by atoms with Crippen molar-refractivity contribution in [3.8, 4) is 10.7 Å². The second kappa shape index (κ2) is 6.01. The Kier molecular flexibility index (Phi) is 4.05. The summed E-state index contributed by atoms with van der Waals surface area (Å²) < 4.78 is 2.07. The third-order valence-electron chi connectivity index (χ3n) is 3.97. The number of nitrogens with zero attached hydrogens (tertiary/aromatic N) is 2. The molecule has 1 aromatic carbocycles. The van der Waals surface area contributed by atoms with Gasteiger partial charge in [-0.05, 0) is 50.1 Å². The van der Waals surface area contributed by atoms with Crippen LogP contribution < -0.4 is 5.32 Å². The minimum atomic E-state index is -0.174. The molecule has 0 saturated carbocycles. The predicted octanol–water partition coefficient (Wildman–Crippen LogP) is 4.33. The molecule has 0 unspecified atom stereocenters. The van der Waals surface area contributed by atoms with Gasteiger partial charge in [0.2, 0.25) is 0 Å². The Morgan fingerprint density at radius 2 is 1.96 bits per heavy atom. The Bertz CT molecular complexity index is 876. The van der Waals surface area contributed by atoms with Crippen LogP contribution in [0.1, 0.15) is 27.3 Å². The Morgan fingerprint density at radius 1 is 1.17 bits per heavy atom. The van der Waals surface area contributed by atoms with Gasteiger partial charge in [0.05, 0.1) is 5.69 Å². The van der Waals surface area contributed by atoms with Crippen LogP contribution in [0.2, 0.25) is 0 Å². The molecule has 0 bridgehead atoms. The van der Waals surface area contributed by atoms with E-state index in [1.54, 1.807) is 5.38 Å². The Morgan fingerprint density at radius 3 is 2.65 bits per heavy atom. The van der Waals surface area contributed by atoms with Crippen LogP contribution in [0.4, 0.5) is 5.69 Å². The number of hydrogen-bond donors (Lipinski definition) is 1. The molecule has 1 amide bonds. The summed E-state index contributed by atoms with van der Waals surface area (Å²) in [7, 11) is 2.00. The molecule has 0 aliphatic carbocycles. The minimum absolute atomic E-state index is 0.174. The van der Waals surface area contributed by atoms with Crippen molar-refractivity contribution in [2.24, 2.45) is 7.05 Å². The molecule has 1 N–H and O–H groups in total. The van der Waals surface area contributed by atoms with Gasteiger partial charge in [-0.25, -0.2) is 4.98 Å². The summed E-state index contributed by atoms with van der Waals surface area (Å²) in [5, 5.41) is 5.61. The second-order valence-corrected chi connectivity index (χ2v) is 6.59. The summed E-state index contributed by atoms with van der Waals surface area (Å²) in [4.78, 5) is 16.9. The number of nitrogens with one attached hydrogen (secondary N) is 1. The molecule has 0 radical (unpaired) electrons. The molecule has 0 atom stereocenters. The maximum atomic E-state index is 12.4. The molecule has 0 aliphatic heterocycles. The van der Waals surface area contributed by atoms with Gasteiger partial charge in [-0.2, -0.15) is 0 Å². The lowest BCUT2D eigenvalue weighted by Crippen LogP contribution is -2.13. The fourth-order valence-electron chi connectivity index (χ4n) is 2.38. The van der Waals surface area contributed by atoms with E-state index < -0.39 is 0 Å². The summed E-state index contributed by atoms with van der Waals surface area (Å²) in [6.45, 7) is 6.04. The molecule has 2 aromatic heterocycles. The van der Waals surface area contributed by atoms with Crippen molar-refractivity contribution < 1.29 is 4.79 Å². The van der Waals surface area contributed by atoms with Gasteiger partial charge >= 0.3 is 0 Å². The first-order valence-corrected chi connectivity index (χ1v) is 8.30. The third kappa shape index (κ3) is 3.05. The van der Waals surface area contributed by atoms with Gasteiger partial charge in [0, 0.05) is 23.8 Å². The van der Waals surface area contributed by atoms with Crippen LogP contribution in [-0.2, 0) is 7.05 Å². The van der Waals surface area contributed by atoms with E-state index in [1.165, 1.54) is 11.3 Å². The van der Waals surface area contributed by atoms with E-state index in [4.69, 9.17) is 0 Å². The van der Waals surface area contributed by atoms with E-state index in [1.807, 2.05) is 58.2 Å². The summed E-state index contributed by atoms with van der Waals surface area (Å²) in [5.41, 5.74) is 5.63. The molecule has 5 heteroatoms. The predicted molar refractivity (Wildman–Crippen MR) is 95.1 cm³/mol. The van der Waals surface area contributed by atoms with E-state index in [0.29, 0.717) is 5.69 Å². The molecule has 0 aliphatic rings. The van der Waals surface area contributed by atoms with Gasteiger partial charge in [-0.3, -0.25) is 4.79 Å². The number of amides is 1. The number of aryl methyl sites for hydroxylation is 3.